The molecule has 0 aliphatic carbocycles. The second-order valence-corrected chi connectivity index (χ2v) is 5.31. The molecule has 4 heteroatoms. The van der Waals surface area contributed by atoms with Crippen molar-refractivity contribution in [1.82, 2.24) is 9.88 Å². The second-order valence-electron chi connectivity index (χ2n) is 5.31. The van der Waals surface area contributed by atoms with E-state index in [9.17, 15) is 4.79 Å². The van der Waals surface area contributed by atoms with Crippen molar-refractivity contribution in [1.29, 1.82) is 0 Å². The minimum Gasteiger partial charge on any atom is -0.496 e. The molecule has 2 aromatic rings. The third-order valence-corrected chi connectivity index (χ3v) is 4.07. The van der Waals surface area contributed by atoms with Crippen molar-refractivity contribution in [2.24, 2.45) is 0 Å². The molecule has 110 valence electrons. The third kappa shape index (κ3) is 2.72. The van der Waals surface area contributed by atoms with E-state index in [1.165, 1.54) is 0 Å². The molecule has 0 saturated carbocycles. The number of hydrogen-bond acceptors (Lipinski definition) is 3. The number of nitrogens with one attached hydrogen (secondary N) is 1. The van der Waals surface area contributed by atoms with E-state index in [-0.39, 0.29) is 5.78 Å². The molecule has 1 saturated heterocycles. The molecule has 3 rings (SSSR count). The summed E-state index contributed by atoms with van der Waals surface area (Å²) in [5, 5.41) is 3.36. The Bertz CT molecular complexity index is 627. The molecule has 21 heavy (non-hydrogen) atoms. The van der Waals surface area contributed by atoms with Gasteiger partial charge in [0, 0.05) is 12.2 Å². The summed E-state index contributed by atoms with van der Waals surface area (Å²) in [6.07, 6.45) is 4.13. The molecular formula is C17H20N2O2. The van der Waals surface area contributed by atoms with Gasteiger partial charge in [0.1, 0.15) is 5.75 Å². The van der Waals surface area contributed by atoms with Crippen LogP contribution >= 0.6 is 0 Å². The minimum atomic E-state index is 0.0241. The fraction of sp³-hybridized carbons (Fsp3) is 0.353. The SMILES string of the molecule is COc1ccccc1C(=O)c1cccn1C1CCNCC1. The average Bonchev–Trinajstić information content (AvgIpc) is 3.04. The van der Waals surface area contributed by atoms with E-state index in [0.29, 0.717) is 17.4 Å². The molecule has 1 aromatic heterocycles. The normalized spacial score (nSPS) is 15.9. The Labute approximate surface area is 124 Å². The zero-order chi connectivity index (χ0) is 14.7. The fourth-order valence-electron chi connectivity index (χ4n) is 2.96. The first-order valence-corrected chi connectivity index (χ1v) is 7.36. The number of aromatic nitrogens is 1. The van der Waals surface area contributed by atoms with Gasteiger partial charge >= 0.3 is 0 Å². The molecule has 1 aliphatic heterocycles. The van der Waals surface area contributed by atoms with E-state index in [0.717, 1.165) is 31.6 Å². The number of ether oxygens (including phenoxy) is 1. The number of carbonyl (C=O) groups is 1. The van der Waals surface area contributed by atoms with Gasteiger partial charge in [-0.3, -0.25) is 4.79 Å². The predicted octanol–water partition coefficient (Wildman–Crippen LogP) is 2.65. The highest BCUT2D eigenvalue weighted by Crippen LogP contribution is 2.26. The monoisotopic (exact) mass is 284 g/mol. The van der Waals surface area contributed by atoms with Gasteiger partial charge in [-0.2, -0.15) is 0 Å². The maximum absolute atomic E-state index is 12.8. The van der Waals surface area contributed by atoms with Crippen LogP contribution in [0.2, 0.25) is 0 Å². The highest BCUT2D eigenvalue weighted by Gasteiger charge is 2.22. The maximum Gasteiger partial charge on any atom is 0.213 e. The van der Waals surface area contributed by atoms with Crippen LogP contribution in [-0.2, 0) is 0 Å². The predicted molar refractivity (Wildman–Crippen MR) is 82.0 cm³/mol. The van der Waals surface area contributed by atoms with Crippen LogP contribution < -0.4 is 10.1 Å². The molecule has 0 radical (unpaired) electrons. The molecular weight excluding hydrogens is 264 g/mol. The van der Waals surface area contributed by atoms with E-state index in [2.05, 4.69) is 9.88 Å². The quantitative estimate of drug-likeness (QED) is 0.878. The van der Waals surface area contributed by atoms with Gasteiger partial charge in [-0.15, -0.1) is 0 Å². The maximum atomic E-state index is 12.8. The highest BCUT2D eigenvalue weighted by atomic mass is 16.5. The summed E-state index contributed by atoms with van der Waals surface area (Å²) < 4.78 is 7.43. The van der Waals surface area contributed by atoms with Crippen molar-refractivity contribution in [3.05, 3.63) is 53.9 Å². The van der Waals surface area contributed by atoms with Gasteiger partial charge in [0.2, 0.25) is 5.78 Å². The molecule has 0 atom stereocenters. The molecule has 4 nitrogen and oxygen atoms in total. The Kier molecular flexibility index (Phi) is 4.06. The fourth-order valence-corrected chi connectivity index (χ4v) is 2.96. The summed E-state index contributed by atoms with van der Waals surface area (Å²) in [6.45, 7) is 2.01. The van der Waals surface area contributed by atoms with E-state index < -0.39 is 0 Å². The molecule has 2 heterocycles. The summed E-state index contributed by atoms with van der Waals surface area (Å²) in [5.74, 6) is 0.650. The van der Waals surface area contributed by atoms with Crippen LogP contribution in [0.3, 0.4) is 0 Å². The Morgan fingerprint density at radius 3 is 2.71 bits per heavy atom. The van der Waals surface area contributed by atoms with Gasteiger partial charge in [-0.1, -0.05) is 12.1 Å². The Balaban J connectivity index is 1.93. The van der Waals surface area contributed by atoms with Crippen molar-refractivity contribution in [2.75, 3.05) is 20.2 Å². The number of carbonyl (C=O) groups excluding carboxylic acids is 1. The van der Waals surface area contributed by atoms with Crippen LogP contribution in [0.5, 0.6) is 5.75 Å². The Hall–Kier alpha value is -2.07. The van der Waals surface area contributed by atoms with Crippen molar-refractivity contribution < 1.29 is 9.53 Å². The van der Waals surface area contributed by atoms with Crippen molar-refractivity contribution in [2.45, 2.75) is 18.9 Å². The van der Waals surface area contributed by atoms with Crippen LogP contribution in [0.4, 0.5) is 0 Å². The lowest BCUT2D eigenvalue weighted by molar-refractivity contribution is 0.102. The summed E-state index contributed by atoms with van der Waals surface area (Å²) in [7, 11) is 1.60. The van der Waals surface area contributed by atoms with Crippen molar-refractivity contribution in [3.8, 4) is 5.75 Å². The van der Waals surface area contributed by atoms with Gasteiger partial charge in [0.15, 0.2) is 0 Å². The second kappa shape index (κ2) is 6.14. The summed E-state index contributed by atoms with van der Waals surface area (Å²) in [5.41, 5.74) is 1.36. The average molecular weight is 284 g/mol. The topological polar surface area (TPSA) is 43.3 Å². The van der Waals surface area contributed by atoms with E-state index in [4.69, 9.17) is 4.74 Å². The van der Waals surface area contributed by atoms with Gasteiger partial charge in [-0.05, 0) is 50.2 Å². The van der Waals surface area contributed by atoms with E-state index in [1.54, 1.807) is 7.11 Å². The Morgan fingerprint density at radius 2 is 1.95 bits per heavy atom. The molecule has 0 amide bonds. The smallest absolute Gasteiger partial charge is 0.213 e. The van der Waals surface area contributed by atoms with Crippen LogP contribution in [0.15, 0.2) is 42.6 Å². The van der Waals surface area contributed by atoms with Crippen LogP contribution in [-0.4, -0.2) is 30.5 Å². The molecule has 1 fully saturated rings. The van der Waals surface area contributed by atoms with Gasteiger partial charge < -0.3 is 14.6 Å². The molecule has 1 aliphatic rings. The van der Waals surface area contributed by atoms with Gasteiger partial charge in [-0.25, -0.2) is 0 Å². The number of ketones is 1. The molecule has 0 spiro atoms. The number of methoxy groups -OCH3 is 1. The number of hydrogen-bond donors (Lipinski definition) is 1. The first-order chi connectivity index (χ1) is 10.3. The number of benzene rings is 1. The number of para-hydroxylation sites is 1. The highest BCUT2D eigenvalue weighted by molar-refractivity contribution is 6.09. The third-order valence-electron chi connectivity index (χ3n) is 4.07. The van der Waals surface area contributed by atoms with E-state index >= 15 is 0 Å². The van der Waals surface area contributed by atoms with Crippen LogP contribution in [0, 0.1) is 0 Å². The van der Waals surface area contributed by atoms with E-state index in [1.807, 2.05) is 42.6 Å². The zero-order valence-corrected chi connectivity index (χ0v) is 12.2. The molecule has 1 N–H and O–H groups in total. The lowest BCUT2D eigenvalue weighted by Crippen LogP contribution is -2.30. The molecule has 0 bridgehead atoms. The lowest BCUT2D eigenvalue weighted by atomic mass is 10.0. The van der Waals surface area contributed by atoms with Crippen molar-refractivity contribution >= 4 is 5.78 Å². The van der Waals surface area contributed by atoms with Crippen molar-refractivity contribution in [3.63, 3.8) is 0 Å². The summed E-state index contributed by atoms with van der Waals surface area (Å²) >= 11 is 0. The van der Waals surface area contributed by atoms with Crippen LogP contribution in [0.1, 0.15) is 34.9 Å². The standard InChI is InChI=1S/C17H20N2O2/c1-21-16-7-3-2-5-14(16)17(20)15-6-4-12-19(15)13-8-10-18-11-9-13/h2-7,12-13,18H,8-11H2,1H3. The van der Waals surface area contributed by atoms with Gasteiger partial charge in [0.25, 0.3) is 0 Å². The number of nitrogens with zero attached hydrogens (tertiary/aromatic N) is 1. The summed E-state index contributed by atoms with van der Waals surface area (Å²) in [6, 6.07) is 11.6. The number of rotatable bonds is 4. The first-order valence-electron chi connectivity index (χ1n) is 7.36. The number of piperidine rings is 1. The summed E-state index contributed by atoms with van der Waals surface area (Å²) in [4.78, 5) is 12.8. The van der Waals surface area contributed by atoms with Crippen LogP contribution in [0.25, 0.3) is 0 Å². The lowest BCUT2D eigenvalue weighted by Gasteiger charge is -2.26. The van der Waals surface area contributed by atoms with Gasteiger partial charge in [0.05, 0.1) is 18.4 Å². The zero-order valence-electron chi connectivity index (χ0n) is 12.2. The Morgan fingerprint density at radius 1 is 1.19 bits per heavy atom. The minimum absolute atomic E-state index is 0.0241. The largest absolute Gasteiger partial charge is 0.496 e. The first kappa shape index (κ1) is 13.9. The molecule has 1 aromatic carbocycles. The molecule has 0 unspecified atom stereocenters.